The predicted octanol–water partition coefficient (Wildman–Crippen LogP) is 5.30. The van der Waals surface area contributed by atoms with Gasteiger partial charge in [0.05, 0.1) is 0 Å². The van der Waals surface area contributed by atoms with E-state index in [9.17, 15) is 4.55 Å². The van der Waals surface area contributed by atoms with Crippen LogP contribution in [-0.4, -0.2) is 47.2 Å². The first-order valence-electron chi connectivity index (χ1n) is 12.9. The van der Waals surface area contributed by atoms with Gasteiger partial charge >= 0.3 is 0 Å². The minimum Gasteiger partial charge on any atom is -0.598 e. The lowest BCUT2D eigenvalue weighted by Gasteiger charge is -2.33. The minimum atomic E-state index is -0.876. The van der Waals surface area contributed by atoms with E-state index in [0.717, 1.165) is 60.9 Å². The fourth-order valence-electron chi connectivity index (χ4n) is 5.11. The van der Waals surface area contributed by atoms with E-state index in [-0.39, 0.29) is 0 Å². The van der Waals surface area contributed by atoms with E-state index in [1.807, 2.05) is 25.3 Å². The highest BCUT2D eigenvalue weighted by molar-refractivity contribution is 7.89. The van der Waals surface area contributed by atoms with Crippen molar-refractivity contribution in [2.75, 3.05) is 24.2 Å². The van der Waals surface area contributed by atoms with Crippen molar-refractivity contribution in [1.82, 2.24) is 18.8 Å². The summed E-state index contributed by atoms with van der Waals surface area (Å²) < 4.78 is 17.1. The first-order valence-corrected chi connectivity index (χ1v) is 14.5. The van der Waals surface area contributed by atoms with Crippen molar-refractivity contribution in [2.45, 2.75) is 45.7 Å². The second-order valence-corrected chi connectivity index (χ2v) is 11.7. The van der Waals surface area contributed by atoms with E-state index in [1.54, 1.807) is 0 Å². The largest absolute Gasteiger partial charge is 0.598 e. The number of fused-ring (bicyclic) bond motifs is 1. The lowest BCUT2D eigenvalue weighted by atomic mass is 10.0. The number of aromatic amines is 1. The van der Waals surface area contributed by atoms with Crippen LogP contribution in [0.5, 0.6) is 0 Å². The monoisotopic (exact) mass is 534 g/mol. The van der Waals surface area contributed by atoms with Crippen LogP contribution in [0.3, 0.4) is 0 Å². The van der Waals surface area contributed by atoms with Crippen LogP contribution in [0, 0.1) is 6.92 Å². The number of benzene rings is 2. The Morgan fingerprint density at radius 2 is 2.05 bits per heavy atom. The lowest BCUT2D eigenvalue weighted by Crippen LogP contribution is -2.40. The molecule has 0 saturated carbocycles. The summed E-state index contributed by atoms with van der Waals surface area (Å²) in [6.07, 6.45) is 7.06. The first kappa shape index (κ1) is 25.8. The normalized spacial score (nSPS) is 15.8. The summed E-state index contributed by atoms with van der Waals surface area (Å²) in [7, 11) is 0. The molecule has 194 valence electrons. The molecule has 0 bridgehead atoms. The smallest absolute Gasteiger partial charge is 0.144 e. The van der Waals surface area contributed by atoms with Gasteiger partial charge in [-0.05, 0) is 49.4 Å². The number of hydrogen-bond donors (Lipinski definition) is 3. The van der Waals surface area contributed by atoms with Gasteiger partial charge in [0.1, 0.15) is 22.4 Å². The molecular weight excluding hydrogens is 500 g/mol. The molecule has 37 heavy (non-hydrogen) atoms. The number of imidazole rings is 1. The molecule has 0 amide bonds. The Labute approximate surface area is 226 Å². The van der Waals surface area contributed by atoms with Gasteiger partial charge in [0, 0.05) is 71.5 Å². The summed E-state index contributed by atoms with van der Waals surface area (Å²) >= 11 is 4.37. The molecule has 2 aromatic carbocycles. The van der Waals surface area contributed by atoms with Crippen molar-refractivity contribution < 1.29 is 4.55 Å². The molecule has 3 heterocycles. The third kappa shape index (κ3) is 5.70. The Hall–Kier alpha value is -2.85. The highest BCUT2D eigenvalue weighted by atomic mass is 32.2. The summed E-state index contributed by atoms with van der Waals surface area (Å²) in [5, 5.41) is 4.62. The molecular formula is C28H34N6OS2. The summed E-state index contributed by atoms with van der Waals surface area (Å²) in [4.78, 5) is 7.98. The van der Waals surface area contributed by atoms with Crippen LogP contribution in [0.2, 0.25) is 0 Å². The van der Waals surface area contributed by atoms with Crippen molar-refractivity contribution in [3.8, 4) is 11.1 Å². The zero-order valence-electron chi connectivity index (χ0n) is 21.4. The van der Waals surface area contributed by atoms with Crippen molar-refractivity contribution in [3.63, 3.8) is 0 Å². The molecule has 1 fully saturated rings. The number of aromatic nitrogens is 3. The third-order valence-electron chi connectivity index (χ3n) is 7.02. The number of nitrogens with two attached hydrogens (primary N) is 1. The molecule has 1 unspecified atom stereocenters. The van der Waals surface area contributed by atoms with Crippen molar-refractivity contribution in [1.29, 1.82) is 0 Å². The number of hydrogen-bond acceptors (Lipinski definition) is 5. The molecule has 0 spiro atoms. The number of piperidine rings is 1. The Morgan fingerprint density at radius 3 is 2.76 bits per heavy atom. The number of nitrogens with one attached hydrogen (secondary N) is 2. The van der Waals surface area contributed by atoms with Crippen LogP contribution in [0.25, 0.3) is 22.0 Å². The Bertz CT molecular complexity index is 1390. The fourth-order valence-corrected chi connectivity index (χ4v) is 6.46. The molecule has 4 N–H and O–H groups in total. The molecule has 1 aliphatic rings. The number of H-pyrrole nitrogens is 1. The van der Waals surface area contributed by atoms with Gasteiger partial charge in [-0.25, -0.2) is 4.98 Å². The van der Waals surface area contributed by atoms with E-state index >= 15 is 0 Å². The summed E-state index contributed by atoms with van der Waals surface area (Å²) in [6, 6.07) is 15.2. The molecule has 0 radical (unpaired) electrons. The zero-order chi connectivity index (χ0) is 25.9. The van der Waals surface area contributed by atoms with Crippen molar-refractivity contribution in [3.05, 3.63) is 71.8 Å². The SMILES string of the molecule is CCC[S+]([O-])N1CCC(n2cc(-c3cccc(C(N)=S)c3)c3ccc(CNc4c[nH]c(C)n4)cc32)CC1. The van der Waals surface area contributed by atoms with Gasteiger partial charge in [0.15, 0.2) is 0 Å². The van der Waals surface area contributed by atoms with Gasteiger partial charge in [0.2, 0.25) is 0 Å². The summed E-state index contributed by atoms with van der Waals surface area (Å²) in [5.74, 6) is 2.48. The molecule has 5 rings (SSSR count). The Morgan fingerprint density at radius 1 is 1.24 bits per heavy atom. The highest BCUT2D eigenvalue weighted by Gasteiger charge is 2.28. The minimum absolute atomic E-state index is 0.349. The van der Waals surface area contributed by atoms with E-state index in [0.29, 0.717) is 17.6 Å². The van der Waals surface area contributed by atoms with E-state index < -0.39 is 11.4 Å². The standard InChI is InChI=1S/C28H34N6OS2/c1-3-13-37(35)33-11-9-23(10-12-33)34-18-25(21-5-4-6-22(15-21)28(29)36)24-8-7-20(14-26(24)34)16-31-27-17-30-19(2)32-27/h4-8,14-15,17-18,23,31H,3,9-13,16H2,1-2H3,(H2,29,36)(H,30,32). The van der Waals surface area contributed by atoms with Crippen LogP contribution in [0.4, 0.5) is 5.82 Å². The third-order valence-corrected chi connectivity index (χ3v) is 8.95. The maximum atomic E-state index is 12.6. The molecule has 1 saturated heterocycles. The average Bonchev–Trinajstić information content (AvgIpc) is 3.51. The number of anilines is 1. The van der Waals surface area contributed by atoms with Crippen LogP contribution < -0.4 is 11.1 Å². The maximum Gasteiger partial charge on any atom is 0.144 e. The lowest BCUT2D eigenvalue weighted by molar-refractivity contribution is 0.278. The van der Waals surface area contributed by atoms with Crippen LogP contribution in [-0.2, 0) is 17.9 Å². The molecule has 0 aliphatic carbocycles. The number of thiocarbonyl (C=S) groups is 1. The van der Waals surface area contributed by atoms with Crippen LogP contribution >= 0.6 is 12.2 Å². The van der Waals surface area contributed by atoms with Gasteiger partial charge in [0.25, 0.3) is 0 Å². The van der Waals surface area contributed by atoms with Crippen molar-refractivity contribution >= 4 is 45.3 Å². The number of rotatable bonds is 9. The van der Waals surface area contributed by atoms with Gasteiger partial charge in [-0.2, -0.15) is 0 Å². The molecule has 1 atom stereocenters. The van der Waals surface area contributed by atoms with Gasteiger partial charge in [-0.15, -0.1) is 4.31 Å². The van der Waals surface area contributed by atoms with Gasteiger partial charge < -0.3 is 25.2 Å². The van der Waals surface area contributed by atoms with Gasteiger partial charge in [-0.3, -0.25) is 0 Å². The van der Waals surface area contributed by atoms with E-state index in [4.69, 9.17) is 18.0 Å². The quantitative estimate of drug-likeness (QED) is 0.199. The zero-order valence-corrected chi connectivity index (χ0v) is 23.0. The van der Waals surface area contributed by atoms with Gasteiger partial charge in [-0.1, -0.05) is 49.5 Å². The topological polar surface area (TPSA) is 98.0 Å². The molecule has 7 nitrogen and oxygen atoms in total. The maximum absolute atomic E-state index is 12.6. The molecule has 1 aliphatic heterocycles. The fraction of sp³-hybridized carbons (Fsp3) is 0.357. The number of nitrogens with zero attached hydrogens (tertiary/aromatic N) is 3. The molecule has 2 aromatic heterocycles. The molecule has 9 heteroatoms. The summed E-state index contributed by atoms with van der Waals surface area (Å²) in [5.41, 5.74) is 11.5. The van der Waals surface area contributed by atoms with Crippen molar-refractivity contribution in [2.24, 2.45) is 5.73 Å². The van der Waals surface area contributed by atoms with Crippen LogP contribution in [0.15, 0.2) is 54.9 Å². The first-order chi connectivity index (χ1) is 17.9. The molecule has 4 aromatic rings. The number of aryl methyl sites for hydroxylation is 1. The average molecular weight is 535 g/mol. The van der Waals surface area contributed by atoms with E-state index in [1.165, 1.54) is 22.0 Å². The Kier molecular flexibility index (Phi) is 7.85. The second-order valence-electron chi connectivity index (χ2n) is 9.66. The second kappa shape index (κ2) is 11.3. The highest BCUT2D eigenvalue weighted by Crippen LogP contribution is 2.36. The van der Waals surface area contributed by atoms with E-state index in [2.05, 4.69) is 67.6 Å². The summed E-state index contributed by atoms with van der Waals surface area (Å²) in [6.45, 7) is 6.42. The Balaban J connectivity index is 1.48. The predicted molar refractivity (Wildman–Crippen MR) is 157 cm³/mol. The van der Waals surface area contributed by atoms with Crippen LogP contribution in [0.1, 0.15) is 49.2 Å².